The molecule has 1 unspecified atom stereocenters. The molecule has 1 N–H and O–H groups in total. The predicted octanol–water partition coefficient (Wildman–Crippen LogP) is 2.76. The first-order valence-corrected chi connectivity index (χ1v) is 6.79. The van der Waals surface area contributed by atoms with Crippen LogP contribution in [0.1, 0.15) is 37.0 Å². The van der Waals surface area contributed by atoms with Crippen LogP contribution in [0.25, 0.3) is 0 Å². The van der Waals surface area contributed by atoms with E-state index in [4.69, 9.17) is 9.47 Å². The number of alkyl carbamates (subject to hydrolysis) is 1. The molecule has 0 spiro atoms. The summed E-state index contributed by atoms with van der Waals surface area (Å²) in [6.45, 7) is 4.33. The van der Waals surface area contributed by atoms with Crippen LogP contribution >= 0.6 is 0 Å². The van der Waals surface area contributed by atoms with Crippen molar-refractivity contribution >= 4 is 12.1 Å². The summed E-state index contributed by atoms with van der Waals surface area (Å²) in [6, 6.07) is 8.86. The monoisotopic (exact) mass is 279 g/mol. The highest BCUT2D eigenvalue weighted by molar-refractivity contribution is 5.89. The van der Waals surface area contributed by atoms with Gasteiger partial charge in [0.15, 0.2) is 0 Å². The second-order valence-electron chi connectivity index (χ2n) is 4.41. The maximum atomic E-state index is 11.6. The highest BCUT2D eigenvalue weighted by atomic mass is 16.5. The van der Waals surface area contributed by atoms with Gasteiger partial charge in [-0.1, -0.05) is 18.2 Å². The van der Waals surface area contributed by atoms with Crippen LogP contribution in [0, 0.1) is 0 Å². The van der Waals surface area contributed by atoms with Gasteiger partial charge < -0.3 is 14.8 Å². The third kappa shape index (κ3) is 6.22. The Morgan fingerprint density at radius 1 is 1.20 bits per heavy atom. The largest absolute Gasteiger partial charge is 0.462 e. The van der Waals surface area contributed by atoms with E-state index >= 15 is 0 Å². The van der Waals surface area contributed by atoms with Gasteiger partial charge in [0.25, 0.3) is 0 Å². The second kappa shape index (κ2) is 8.96. The van der Waals surface area contributed by atoms with Crippen LogP contribution in [0.5, 0.6) is 0 Å². The number of hydrogen-bond donors (Lipinski definition) is 1. The second-order valence-corrected chi connectivity index (χ2v) is 4.41. The van der Waals surface area contributed by atoms with E-state index in [1.54, 1.807) is 31.2 Å². The van der Waals surface area contributed by atoms with E-state index in [0.29, 0.717) is 25.2 Å². The molecule has 0 radical (unpaired) electrons. The number of esters is 1. The third-order valence-electron chi connectivity index (χ3n) is 2.66. The summed E-state index contributed by atoms with van der Waals surface area (Å²) >= 11 is 0. The fraction of sp³-hybridized carbons (Fsp3) is 0.467. The topological polar surface area (TPSA) is 64.6 Å². The standard InChI is InChI=1S/C15H21NO4/c1-3-19-15(18)16-12(2)8-7-11-20-14(17)13-9-5-4-6-10-13/h4-6,9-10,12H,3,7-8,11H2,1-2H3,(H,16,18). The van der Waals surface area contributed by atoms with E-state index in [0.717, 1.165) is 6.42 Å². The van der Waals surface area contributed by atoms with Crippen molar-refractivity contribution < 1.29 is 19.1 Å². The number of nitrogens with one attached hydrogen (secondary N) is 1. The van der Waals surface area contributed by atoms with E-state index in [2.05, 4.69) is 5.32 Å². The maximum absolute atomic E-state index is 11.6. The molecule has 0 aliphatic rings. The van der Waals surface area contributed by atoms with E-state index in [-0.39, 0.29) is 12.0 Å². The van der Waals surface area contributed by atoms with Crippen LogP contribution in [0.15, 0.2) is 30.3 Å². The zero-order valence-corrected chi connectivity index (χ0v) is 11.9. The Kier molecular flexibility index (Phi) is 7.17. The number of ether oxygens (including phenoxy) is 2. The van der Waals surface area contributed by atoms with Crippen molar-refractivity contribution in [2.75, 3.05) is 13.2 Å². The zero-order valence-electron chi connectivity index (χ0n) is 11.9. The van der Waals surface area contributed by atoms with E-state index in [1.807, 2.05) is 13.0 Å². The molecule has 1 aromatic rings. The zero-order chi connectivity index (χ0) is 14.8. The summed E-state index contributed by atoms with van der Waals surface area (Å²) in [4.78, 5) is 22.8. The molecule has 5 heteroatoms. The number of benzene rings is 1. The Morgan fingerprint density at radius 3 is 2.55 bits per heavy atom. The highest BCUT2D eigenvalue weighted by Gasteiger charge is 2.09. The fourth-order valence-electron chi connectivity index (χ4n) is 1.66. The quantitative estimate of drug-likeness (QED) is 0.615. The van der Waals surface area contributed by atoms with Crippen LogP contribution in [0.2, 0.25) is 0 Å². The van der Waals surface area contributed by atoms with Gasteiger partial charge in [-0.2, -0.15) is 0 Å². The summed E-state index contributed by atoms with van der Waals surface area (Å²) < 4.78 is 9.93. The van der Waals surface area contributed by atoms with Gasteiger partial charge in [0.2, 0.25) is 0 Å². The Labute approximate surface area is 119 Å². The van der Waals surface area contributed by atoms with Crippen molar-refractivity contribution in [3.63, 3.8) is 0 Å². The first-order chi connectivity index (χ1) is 9.63. The van der Waals surface area contributed by atoms with Gasteiger partial charge in [0.05, 0.1) is 18.8 Å². The van der Waals surface area contributed by atoms with Crippen molar-refractivity contribution in [1.82, 2.24) is 5.32 Å². The Balaban J connectivity index is 2.15. The summed E-state index contributed by atoms with van der Waals surface area (Å²) in [5.41, 5.74) is 0.546. The van der Waals surface area contributed by atoms with Gasteiger partial charge in [-0.25, -0.2) is 9.59 Å². The minimum atomic E-state index is -0.415. The van der Waals surface area contributed by atoms with Crippen LogP contribution in [-0.4, -0.2) is 31.3 Å². The van der Waals surface area contributed by atoms with Gasteiger partial charge in [0.1, 0.15) is 0 Å². The molecule has 0 saturated carbocycles. The maximum Gasteiger partial charge on any atom is 0.407 e. The first-order valence-electron chi connectivity index (χ1n) is 6.79. The van der Waals surface area contributed by atoms with Crippen LogP contribution in [-0.2, 0) is 9.47 Å². The average molecular weight is 279 g/mol. The Bertz CT molecular complexity index is 419. The number of hydrogen-bond acceptors (Lipinski definition) is 4. The number of carbonyl (C=O) groups excluding carboxylic acids is 2. The summed E-state index contributed by atoms with van der Waals surface area (Å²) in [5, 5.41) is 2.70. The molecule has 110 valence electrons. The van der Waals surface area contributed by atoms with Gasteiger partial charge >= 0.3 is 12.1 Å². The highest BCUT2D eigenvalue weighted by Crippen LogP contribution is 2.03. The molecule has 1 rings (SSSR count). The molecule has 0 bridgehead atoms. The molecule has 0 aliphatic carbocycles. The van der Waals surface area contributed by atoms with Gasteiger partial charge in [-0.15, -0.1) is 0 Å². The number of amides is 1. The van der Waals surface area contributed by atoms with Crippen molar-refractivity contribution in [3.8, 4) is 0 Å². The molecular weight excluding hydrogens is 258 g/mol. The average Bonchev–Trinajstić information content (AvgIpc) is 2.44. The molecule has 5 nitrogen and oxygen atoms in total. The first kappa shape index (κ1) is 16.0. The number of carbonyl (C=O) groups is 2. The van der Waals surface area contributed by atoms with Crippen molar-refractivity contribution in [1.29, 1.82) is 0 Å². The van der Waals surface area contributed by atoms with Crippen molar-refractivity contribution in [2.24, 2.45) is 0 Å². The van der Waals surface area contributed by atoms with E-state index in [9.17, 15) is 9.59 Å². The molecule has 1 amide bonds. The molecule has 0 heterocycles. The molecule has 1 aromatic carbocycles. The summed E-state index contributed by atoms with van der Waals surface area (Å²) in [7, 11) is 0. The summed E-state index contributed by atoms with van der Waals surface area (Å²) in [6.07, 6.45) is 0.994. The minimum Gasteiger partial charge on any atom is -0.462 e. The molecule has 0 fully saturated rings. The van der Waals surface area contributed by atoms with Crippen LogP contribution in [0.4, 0.5) is 4.79 Å². The smallest absolute Gasteiger partial charge is 0.407 e. The fourth-order valence-corrected chi connectivity index (χ4v) is 1.66. The molecule has 20 heavy (non-hydrogen) atoms. The predicted molar refractivity (Wildman–Crippen MR) is 75.6 cm³/mol. The van der Waals surface area contributed by atoms with Crippen molar-refractivity contribution in [3.05, 3.63) is 35.9 Å². The van der Waals surface area contributed by atoms with Gasteiger partial charge in [0, 0.05) is 6.04 Å². The number of rotatable bonds is 7. The lowest BCUT2D eigenvalue weighted by atomic mass is 10.2. The molecule has 0 saturated heterocycles. The normalized spacial score (nSPS) is 11.5. The lowest BCUT2D eigenvalue weighted by Gasteiger charge is -2.13. The van der Waals surface area contributed by atoms with Gasteiger partial charge in [-0.05, 0) is 38.8 Å². The Hall–Kier alpha value is -2.04. The minimum absolute atomic E-state index is 0.00974. The van der Waals surface area contributed by atoms with E-state index in [1.165, 1.54) is 0 Å². The lowest BCUT2D eigenvalue weighted by Crippen LogP contribution is -2.33. The van der Waals surface area contributed by atoms with Gasteiger partial charge in [-0.3, -0.25) is 0 Å². The van der Waals surface area contributed by atoms with E-state index < -0.39 is 6.09 Å². The molecular formula is C15H21NO4. The molecule has 0 aliphatic heterocycles. The van der Waals surface area contributed by atoms with Crippen LogP contribution < -0.4 is 5.32 Å². The summed E-state index contributed by atoms with van der Waals surface area (Å²) in [5.74, 6) is -0.323. The molecule has 0 aromatic heterocycles. The lowest BCUT2D eigenvalue weighted by molar-refractivity contribution is 0.0495. The SMILES string of the molecule is CCOC(=O)NC(C)CCCOC(=O)c1ccccc1. The van der Waals surface area contributed by atoms with Crippen LogP contribution in [0.3, 0.4) is 0 Å². The van der Waals surface area contributed by atoms with Crippen molar-refractivity contribution in [2.45, 2.75) is 32.7 Å². The Morgan fingerprint density at radius 2 is 1.90 bits per heavy atom. The molecule has 1 atom stereocenters. The third-order valence-corrected chi connectivity index (χ3v) is 2.66.